The average Bonchev–Trinajstić information content (AvgIpc) is 3.52. The largest absolute Gasteiger partial charge is 0.455 e. The van der Waals surface area contributed by atoms with Crippen molar-refractivity contribution in [3.8, 4) is 33.4 Å². The Hall–Kier alpha value is -6.18. The van der Waals surface area contributed by atoms with E-state index in [4.69, 9.17) is 4.42 Å². The first-order valence-corrected chi connectivity index (χ1v) is 16.2. The third kappa shape index (κ3) is 3.97. The van der Waals surface area contributed by atoms with Crippen LogP contribution in [0.4, 0.5) is 0 Å². The van der Waals surface area contributed by atoms with Crippen LogP contribution in [0.2, 0.25) is 0 Å². The van der Waals surface area contributed by atoms with Gasteiger partial charge in [0.1, 0.15) is 11.2 Å². The summed E-state index contributed by atoms with van der Waals surface area (Å²) in [4.78, 5) is 0. The van der Waals surface area contributed by atoms with Gasteiger partial charge in [-0.2, -0.15) is 0 Å². The summed E-state index contributed by atoms with van der Waals surface area (Å²) in [5, 5.41) is 12.1. The van der Waals surface area contributed by atoms with Crippen molar-refractivity contribution in [2.45, 2.75) is 0 Å². The zero-order chi connectivity index (χ0) is 30.9. The van der Waals surface area contributed by atoms with Crippen molar-refractivity contribution < 1.29 is 4.42 Å². The van der Waals surface area contributed by atoms with Gasteiger partial charge < -0.3 is 4.42 Å². The summed E-state index contributed by atoms with van der Waals surface area (Å²) in [6.07, 6.45) is 0. The maximum atomic E-state index is 6.63. The van der Waals surface area contributed by atoms with E-state index < -0.39 is 0 Å². The van der Waals surface area contributed by atoms with Gasteiger partial charge in [-0.05, 0) is 101 Å². The molecule has 0 aliphatic heterocycles. The van der Waals surface area contributed by atoms with Gasteiger partial charge in [-0.3, -0.25) is 0 Å². The lowest BCUT2D eigenvalue weighted by molar-refractivity contribution is 0.673. The molecule has 0 saturated heterocycles. The molecule has 9 aromatic carbocycles. The van der Waals surface area contributed by atoms with Gasteiger partial charge in [-0.1, -0.05) is 140 Å². The maximum absolute atomic E-state index is 6.63. The minimum absolute atomic E-state index is 0.909. The lowest BCUT2D eigenvalue weighted by Crippen LogP contribution is -1.92. The van der Waals surface area contributed by atoms with Gasteiger partial charge in [0, 0.05) is 16.2 Å². The minimum atomic E-state index is 0.909. The molecule has 1 aromatic heterocycles. The molecule has 10 aromatic rings. The quantitative estimate of drug-likeness (QED) is 0.185. The van der Waals surface area contributed by atoms with E-state index in [0.717, 1.165) is 32.9 Å². The first-order chi connectivity index (χ1) is 23.3. The van der Waals surface area contributed by atoms with Crippen LogP contribution < -0.4 is 0 Å². The van der Waals surface area contributed by atoms with E-state index >= 15 is 0 Å². The predicted molar refractivity (Wildman–Crippen MR) is 200 cm³/mol. The average molecular weight is 597 g/mol. The Kier molecular flexibility index (Phi) is 5.64. The fourth-order valence-corrected chi connectivity index (χ4v) is 7.72. The summed E-state index contributed by atoms with van der Waals surface area (Å²) in [6.45, 7) is 0. The Labute approximate surface area is 271 Å². The summed E-state index contributed by atoms with van der Waals surface area (Å²) in [5.74, 6) is 0. The predicted octanol–water partition coefficient (Wildman–Crippen LogP) is 13.2. The number of fused-ring (bicyclic) bond motifs is 8. The fourth-order valence-electron chi connectivity index (χ4n) is 7.72. The second-order valence-corrected chi connectivity index (χ2v) is 12.4. The summed E-state index contributed by atoms with van der Waals surface area (Å²) in [6, 6.07) is 61.6. The van der Waals surface area contributed by atoms with Crippen LogP contribution in [0.3, 0.4) is 0 Å². The van der Waals surface area contributed by atoms with Gasteiger partial charge in [0.05, 0.1) is 0 Å². The highest BCUT2D eigenvalue weighted by atomic mass is 16.3. The third-order valence-electron chi connectivity index (χ3n) is 9.82. The van der Waals surface area contributed by atoms with Gasteiger partial charge in [0.2, 0.25) is 0 Å². The first-order valence-electron chi connectivity index (χ1n) is 16.2. The summed E-state index contributed by atoms with van der Waals surface area (Å²) >= 11 is 0. The molecule has 0 spiro atoms. The van der Waals surface area contributed by atoms with Crippen LogP contribution >= 0.6 is 0 Å². The first kappa shape index (κ1) is 26.1. The molecule has 0 fully saturated rings. The molecule has 0 bridgehead atoms. The van der Waals surface area contributed by atoms with Crippen LogP contribution in [0, 0.1) is 0 Å². The van der Waals surface area contributed by atoms with Crippen LogP contribution in [0.5, 0.6) is 0 Å². The number of hydrogen-bond acceptors (Lipinski definition) is 1. The molecule has 218 valence electrons. The van der Waals surface area contributed by atoms with Crippen molar-refractivity contribution in [1.82, 2.24) is 0 Å². The van der Waals surface area contributed by atoms with Crippen LogP contribution in [0.25, 0.3) is 98.4 Å². The van der Waals surface area contributed by atoms with Crippen molar-refractivity contribution in [3.05, 3.63) is 170 Å². The molecule has 0 atom stereocenters. The standard InChI is InChI=1S/C46H28O/c1-2-13-30(14-3-1)44-37-18-8-10-20-39(37)45(40-21-11-9-19-38(40)44)33-26-31-15-5-6-16-34(31)42(27-33)32-23-24-36-41-25-22-29-12-4-7-17-35(29)46(41)47-43(36)28-32/h1-28H. The van der Waals surface area contributed by atoms with E-state index in [2.05, 4.69) is 170 Å². The molecule has 10 rings (SSSR count). The molecular weight excluding hydrogens is 569 g/mol. The van der Waals surface area contributed by atoms with Crippen molar-refractivity contribution in [3.63, 3.8) is 0 Å². The molecule has 0 amide bonds. The zero-order valence-corrected chi connectivity index (χ0v) is 25.6. The maximum Gasteiger partial charge on any atom is 0.143 e. The van der Waals surface area contributed by atoms with Crippen molar-refractivity contribution >= 4 is 65.0 Å². The Morgan fingerprint density at radius 1 is 0.298 bits per heavy atom. The van der Waals surface area contributed by atoms with E-state index in [1.165, 1.54) is 65.5 Å². The highest BCUT2D eigenvalue weighted by Crippen LogP contribution is 2.46. The number of rotatable bonds is 3. The van der Waals surface area contributed by atoms with Gasteiger partial charge in [-0.15, -0.1) is 0 Å². The van der Waals surface area contributed by atoms with Crippen LogP contribution in [-0.2, 0) is 0 Å². The molecule has 0 N–H and O–H groups in total. The Morgan fingerprint density at radius 3 is 1.55 bits per heavy atom. The topological polar surface area (TPSA) is 13.1 Å². The molecule has 1 heterocycles. The van der Waals surface area contributed by atoms with Crippen LogP contribution in [0.15, 0.2) is 174 Å². The smallest absolute Gasteiger partial charge is 0.143 e. The summed E-state index contributed by atoms with van der Waals surface area (Å²) in [5.41, 5.74) is 9.19. The molecular formula is C46H28O. The van der Waals surface area contributed by atoms with Gasteiger partial charge in [0.25, 0.3) is 0 Å². The molecule has 0 saturated carbocycles. The van der Waals surface area contributed by atoms with Gasteiger partial charge >= 0.3 is 0 Å². The van der Waals surface area contributed by atoms with Gasteiger partial charge in [0.15, 0.2) is 0 Å². The summed E-state index contributed by atoms with van der Waals surface area (Å²) in [7, 11) is 0. The van der Waals surface area contributed by atoms with Crippen molar-refractivity contribution in [2.75, 3.05) is 0 Å². The third-order valence-corrected chi connectivity index (χ3v) is 9.82. The lowest BCUT2D eigenvalue weighted by atomic mass is 9.84. The molecule has 1 heteroatoms. The fraction of sp³-hybridized carbons (Fsp3) is 0. The molecule has 0 aliphatic carbocycles. The SMILES string of the molecule is c1ccc(-c2c3ccccc3c(-c3cc(-c4ccc5c(c4)oc4c6ccccc6ccc54)c4ccccc4c3)c3ccccc23)cc1. The number of furan rings is 1. The van der Waals surface area contributed by atoms with Crippen LogP contribution in [-0.4, -0.2) is 0 Å². The van der Waals surface area contributed by atoms with E-state index in [0.29, 0.717) is 0 Å². The highest BCUT2D eigenvalue weighted by Gasteiger charge is 2.19. The molecule has 0 aliphatic rings. The Bertz CT molecular complexity index is 2780. The lowest BCUT2D eigenvalue weighted by Gasteiger charge is -2.19. The minimum Gasteiger partial charge on any atom is -0.455 e. The second kappa shape index (κ2) is 10.2. The van der Waals surface area contributed by atoms with Crippen molar-refractivity contribution in [2.24, 2.45) is 0 Å². The van der Waals surface area contributed by atoms with Gasteiger partial charge in [-0.25, -0.2) is 0 Å². The summed E-state index contributed by atoms with van der Waals surface area (Å²) < 4.78 is 6.63. The molecule has 0 radical (unpaired) electrons. The Balaban J connectivity index is 1.26. The molecule has 0 unspecified atom stereocenters. The van der Waals surface area contributed by atoms with Crippen molar-refractivity contribution in [1.29, 1.82) is 0 Å². The molecule has 47 heavy (non-hydrogen) atoms. The number of benzene rings is 9. The van der Waals surface area contributed by atoms with E-state index in [-0.39, 0.29) is 0 Å². The normalized spacial score (nSPS) is 11.8. The van der Waals surface area contributed by atoms with E-state index in [9.17, 15) is 0 Å². The van der Waals surface area contributed by atoms with E-state index in [1.807, 2.05) is 0 Å². The number of hydrogen-bond donors (Lipinski definition) is 0. The highest BCUT2D eigenvalue weighted by molar-refractivity contribution is 6.22. The van der Waals surface area contributed by atoms with Crippen LogP contribution in [0.1, 0.15) is 0 Å². The zero-order valence-electron chi connectivity index (χ0n) is 25.6. The monoisotopic (exact) mass is 596 g/mol. The second-order valence-electron chi connectivity index (χ2n) is 12.4. The Morgan fingerprint density at radius 2 is 0.851 bits per heavy atom. The van der Waals surface area contributed by atoms with E-state index in [1.54, 1.807) is 0 Å². The molecule has 1 nitrogen and oxygen atoms in total.